The molecule has 2 aromatic rings. The highest BCUT2D eigenvalue weighted by Gasteiger charge is 2.37. The van der Waals surface area contributed by atoms with E-state index in [1.165, 1.54) is 6.07 Å². The molecule has 24 heavy (non-hydrogen) atoms. The van der Waals surface area contributed by atoms with Crippen LogP contribution in [0.1, 0.15) is 37.3 Å². The first-order valence-corrected chi connectivity index (χ1v) is 7.69. The molecule has 5 heteroatoms. The van der Waals surface area contributed by atoms with Crippen molar-refractivity contribution in [3.8, 4) is 11.1 Å². The predicted octanol–water partition coefficient (Wildman–Crippen LogP) is 5.59. The molecule has 0 unspecified atom stereocenters. The Hall–Kier alpha value is -2.30. The second-order valence-electron chi connectivity index (χ2n) is 6.19. The van der Waals surface area contributed by atoms with Crippen molar-refractivity contribution in [1.82, 2.24) is 0 Å². The van der Waals surface area contributed by atoms with Crippen LogP contribution in [0.5, 0.6) is 0 Å². The third-order valence-electron chi connectivity index (χ3n) is 3.85. The lowest BCUT2D eigenvalue weighted by molar-refractivity contribution is -0.141. The molecular formula is C19H19F3O2. The summed E-state index contributed by atoms with van der Waals surface area (Å²) in [6.07, 6.45) is -4.45. The summed E-state index contributed by atoms with van der Waals surface area (Å²) in [7, 11) is 0. The second kappa shape index (κ2) is 7.07. The Morgan fingerprint density at radius 1 is 1.04 bits per heavy atom. The van der Waals surface area contributed by atoms with Crippen molar-refractivity contribution in [3.63, 3.8) is 0 Å². The number of aliphatic carboxylic acids is 1. The van der Waals surface area contributed by atoms with Crippen LogP contribution in [0.3, 0.4) is 0 Å². The summed E-state index contributed by atoms with van der Waals surface area (Å²) in [4.78, 5) is 11.5. The number of alkyl halides is 3. The highest BCUT2D eigenvalue weighted by Crippen LogP contribution is 2.39. The minimum absolute atomic E-state index is 0.0269. The zero-order valence-corrected chi connectivity index (χ0v) is 13.5. The fourth-order valence-electron chi connectivity index (χ4n) is 2.75. The fraction of sp³-hybridized carbons (Fsp3) is 0.316. The van der Waals surface area contributed by atoms with Crippen LogP contribution in [0, 0.1) is 5.92 Å². The molecule has 0 amide bonds. The predicted molar refractivity (Wildman–Crippen MR) is 86.7 cm³/mol. The Morgan fingerprint density at radius 2 is 1.67 bits per heavy atom. The number of benzene rings is 2. The Bertz CT molecular complexity index is 706. The van der Waals surface area contributed by atoms with Gasteiger partial charge in [0.05, 0.1) is 11.5 Å². The Morgan fingerprint density at radius 3 is 2.17 bits per heavy atom. The Balaban J connectivity index is 2.58. The SMILES string of the molecule is CC(C)C[C@@H](C(=O)O)c1ccc(-c2ccccc2)cc1C(F)(F)F. The molecule has 0 spiro atoms. The molecule has 0 fully saturated rings. The van der Waals surface area contributed by atoms with E-state index in [0.29, 0.717) is 11.1 Å². The molecular weight excluding hydrogens is 317 g/mol. The van der Waals surface area contributed by atoms with Gasteiger partial charge < -0.3 is 5.11 Å². The normalized spacial score (nSPS) is 13.1. The summed E-state index contributed by atoms with van der Waals surface area (Å²) < 4.78 is 40.5. The van der Waals surface area contributed by atoms with Crippen LogP contribution in [0.25, 0.3) is 11.1 Å². The lowest BCUT2D eigenvalue weighted by Crippen LogP contribution is -2.19. The van der Waals surface area contributed by atoms with Gasteiger partial charge in [0, 0.05) is 0 Å². The molecule has 0 aliphatic rings. The monoisotopic (exact) mass is 336 g/mol. The van der Waals surface area contributed by atoms with Gasteiger partial charge in [-0.2, -0.15) is 13.2 Å². The van der Waals surface area contributed by atoms with Gasteiger partial charge >= 0.3 is 12.1 Å². The molecule has 1 atom stereocenters. The minimum Gasteiger partial charge on any atom is -0.481 e. The number of hydrogen-bond donors (Lipinski definition) is 1. The van der Waals surface area contributed by atoms with Crippen molar-refractivity contribution >= 4 is 5.97 Å². The highest BCUT2D eigenvalue weighted by molar-refractivity contribution is 5.77. The zero-order chi connectivity index (χ0) is 17.9. The van der Waals surface area contributed by atoms with E-state index in [0.717, 1.165) is 6.07 Å². The number of carboxylic acid groups (broad SMARTS) is 1. The second-order valence-corrected chi connectivity index (χ2v) is 6.19. The van der Waals surface area contributed by atoms with E-state index in [1.54, 1.807) is 50.2 Å². The van der Waals surface area contributed by atoms with Crippen molar-refractivity contribution in [3.05, 3.63) is 59.7 Å². The van der Waals surface area contributed by atoms with Gasteiger partial charge in [0.2, 0.25) is 0 Å². The van der Waals surface area contributed by atoms with Gasteiger partial charge in [-0.25, -0.2) is 0 Å². The molecule has 0 bridgehead atoms. The molecule has 2 aromatic carbocycles. The van der Waals surface area contributed by atoms with Gasteiger partial charge in [0.15, 0.2) is 0 Å². The van der Waals surface area contributed by atoms with Gasteiger partial charge in [-0.3, -0.25) is 4.79 Å². The van der Waals surface area contributed by atoms with E-state index in [9.17, 15) is 23.1 Å². The number of hydrogen-bond acceptors (Lipinski definition) is 1. The third kappa shape index (κ3) is 4.16. The molecule has 0 heterocycles. The molecule has 0 aliphatic heterocycles. The molecule has 2 nitrogen and oxygen atoms in total. The molecule has 0 aromatic heterocycles. The number of rotatable bonds is 5. The maximum absolute atomic E-state index is 13.5. The molecule has 2 rings (SSSR count). The average molecular weight is 336 g/mol. The van der Waals surface area contributed by atoms with E-state index >= 15 is 0 Å². The van der Waals surface area contributed by atoms with E-state index in [4.69, 9.17) is 0 Å². The summed E-state index contributed by atoms with van der Waals surface area (Å²) in [5, 5.41) is 9.38. The largest absolute Gasteiger partial charge is 0.481 e. The summed E-state index contributed by atoms with van der Waals surface area (Å²) in [5.41, 5.74) is 0.0194. The minimum atomic E-state index is -4.61. The van der Waals surface area contributed by atoms with Crippen LogP contribution < -0.4 is 0 Å². The van der Waals surface area contributed by atoms with E-state index in [2.05, 4.69) is 0 Å². The van der Waals surface area contributed by atoms with Crippen LogP contribution in [0.2, 0.25) is 0 Å². The van der Waals surface area contributed by atoms with Gasteiger partial charge in [0.1, 0.15) is 0 Å². The first-order valence-electron chi connectivity index (χ1n) is 7.69. The Labute approximate surface area is 138 Å². The average Bonchev–Trinajstić information content (AvgIpc) is 2.52. The van der Waals surface area contributed by atoms with Gasteiger partial charge in [-0.05, 0) is 35.1 Å². The summed E-state index contributed by atoms with van der Waals surface area (Å²) in [6.45, 7) is 3.59. The van der Waals surface area contributed by atoms with Crippen molar-refractivity contribution in [2.75, 3.05) is 0 Å². The van der Waals surface area contributed by atoms with Crippen molar-refractivity contribution in [2.45, 2.75) is 32.4 Å². The lowest BCUT2D eigenvalue weighted by atomic mass is 9.86. The van der Waals surface area contributed by atoms with E-state index in [-0.39, 0.29) is 17.9 Å². The van der Waals surface area contributed by atoms with Crippen molar-refractivity contribution in [2.24, 2.45) is 5.92 Å². The zero-order valence-electron chi connectivity index (χ0n) is 13.5. The maximum Gasteiger partial charge on any atom is 0.416 e. The topological polar surface area (TPSA) is 37.3 Å². The van der Waals surface area contributed by atoms with Crippen molar-refractivity contribution in [1.29, 1.82) is 0 Å². The van der Waals surface area contributed by atoms with Crippen LogP contribution in [0.15, 0.2) is 48.5 Å². The van der Waals surface area contributed by atoms with Gasteiger partial charge in [-0.1, -0.05) is 56.3 Å². The van der Waals surface area contributed by atoms with Gasteiger partial charge in [-0.15, -0.1) is 0 Å². The van der Waals surface area contributed by atoms with E-state index < -0.39 is 23.6 Å². The van der Waals surface area contributed by atoms with Crippen LogP contribution in [0.4, 0.5) is 13.2 Å². The molecule has 0 aliphatic carbocycles. The lowest BCUT2D eigenvalue weighted by Gasteiger charge is -2.21. The number of carboxylic acids is 1. The molecule has 1 N–H and O–H groups in total. The molecule has 0 radical (unpaired) electrons. The third-order valence-corrected chi connectivity index (χ3v) is 3.85. The fourth-order valence-corrected chi connectivity index (χ4v) is 2.75. The van der Waals surface area contributed by atoms with E-state index in [1.807, 2.05) is 0 Å². The molecule has 0 saturated heterocycles. The van der Waals surface area contributed by atoms with Gasteiger partial charge in [0.25, 0.3) is 0 Å². The highest BCUT2D eigenvalue weighted by atomic mass is 19.4. The molecule has 128 valence electrons. The van der Waals surface area contributed by atoms with Crippen LogP contribution in [-0.4, -0.2) is 11.1 Å². The Kier molecular flexibility index (Phi) is 5.32. The number of halogens is 3. The maximum atomic E-state index is 13.5. The van der Waals surface area contributed by atoms with Crippen LogP contribution >= 0.6 is 0 Å². The van der Waals surface area contributed by atoms with Crippen molar-refractivity contribution < 1.29 is 23.1 Å². The summed E-state index contributed by atoms with van der Waals surface area (Å²) in [5.74, 6) is -2.44. The first kappa shape index (κ1) is 18.0. The first-order chi connectivity index (χ1) is 11.2. The smallest absolute Gasteiger partial charge is 0.416 e. The standard InChI is InChI=1S/C19H19F3O2/c1-12(2)10-16(18(23)24)15-9-8-14(11-17(15)19(20,21)22)13-6-4-3-5-7-13/h3-9,11-12,16H,10H2,1-2H3,(H,23,24)/t16-/m1/s1. The van der Waals surface area contributed by atoms with Crippen LogP contribution in [-0.2, 0) is 11.0 Å². The summed E-state index contributed by atoms with van der Waals surface area (Å²) >= 11 is 0. The quantitative estimate of drug-likeness (QED) is 0.773. The summed E-state index contributed by atoms with van der Waals surface area (Å²) in [6, 6.07) is 12.6. The number of carbonyl (C=O) groups is 1. The molecule has 0 saturated carbocycles.